The van der Waals surface area contributed by atoms with E-state index in [1.54, 1.807) is 18.3 Å². The molecule has 2 aromatic heterocycles. The molecule has 0 atom stereocenters. The topological polar surface area (TPSA) is 84.1 Å². The van der Waals surface area contributed by atoms with Crippen molar-refractivity contribution in [3.63, 3.8) is 0 Å². The smallest absolute Gasteiger partial charge is 0.257 e. The summed E-state index contributed by atoms with van der Waals surface area (Å²) in [5.41, 5.74) is 2.35. The van der Waals surface area contributed by atoms with E-state index < -0.39 is 0 Å². The zero-order valence-electron chi connectivity index (χ0n) is 12.9. The molecule has 2 heterocycles. The van der Waals surface area contributed by atoms with E-state index in [9.17, 15) is 9.59 Å². The van der Waals surface area contributed by atoms with Crippen LogP contribution in [0.5, 0.6) is 5.88 Å². The van der Waals surface area contributed by atoms with Gasteiger partial charge < -0.3 is 15.0 Å². The number of carbonyl (C=O) groups is 1. The van der Waals surface area contributed by atoms with Crippen molar-refractivity contribution in [1.82, 2.24) is 15.3 Å². The molecule has 2 aromatic rings. The molecule has 22 heavy (non-hydrogen) atoms. The number of amides is 1. The van der Waals surface area contributed by atoms with E-state index in [0.717, 1.165) is 11.3 Å². The molecule has 0 fully saturated rings. The molecule has 116 valence electrons. The SMILES string of the molecule is CCOc1ncccc1C(=O)NCc1c(C)cc(C)[nH]c1=O. The summed E-state index contributed by atoms with van der Waals surface area (Å²) >= 11 is 0. The van der Waals surface area contributed by atoms with Gasteiger partial charge in [0.1, 0.15) is 5.56 Å². The number of hydrogen-bond donors (Lipinski definition) is 2. The van der Waals surface area contributed by atoms with E-state index in [1.807, 2.05) is 26.8 Å². The molecule has 0 bridgehead atoms. The first kappa shape index (κ1) is 15.8. The summed E-state index contributed by atoms with van der Waals surface area (Å²) in [5.74, 6) is -0.0343. The number of rotatable bonds is 5. The first-order valence-electron chi connectivity index (χ1n) is 7.08. The van der Waals surface area contributed by atoms with Crippen LogP contribution in [0.2, 0.25) is 0 Å². The van der Waals surface area contributed by atoms with Gasteiger partial charge in [0.05, 0.1) is 6.61 Å². The van der Waals surface area contributed by atoms with Gasteiger partial charge in [-0.15, -0.1) is 0 Å². The fourth-order valence-electron chi connectivity index (χ4n) is 2.18. The van der Waals surface area contributed by atoms with Crippen LogP contribution in [-0.2, 0) is 6.54 Å². The molecule has 0 radical (unpaired) electrons. The lowest BCUT2D eigenvalue weighted by Crippen LogP contribution is -2.28. The Morgan fingerprint density at radius 3 is 2.86 bits per heavy atom. The molecule has 1 amide bonds. The molecule has 0 aliphatic rings. The van der Waals surface area contributed by atoms with Gasteiger partial charge in [-0.25, -0.2) is 4.98 Å². The number of aromatic nitrogens is 2. The van der Waals surface area contributed by atoms with Crippen molar-refractivity contribution in [2.24, 2.45) is 0 Å². The lowest BCUT2D eigenvalue weighted by molar-refractivity contribution is 0.0946. The molecule has 0 aliphatic carbocycles. The van der Waals surface area contributed by atoms with Gasteiger partial charge in [-0.3, -0.25) is 9.59 Å². The van der Waals surface area contributed by atoms with E-state index in [0.29, 0.717) is 17.7 Å². The molecule has 0 unspecified atom stereocenters. The summed E-state index contributed by atoms with van der Waals surface area (Å²) in [6, 6.07) is 5.18. The minimum atomic E-state index is -0.323. The van der Waals surface area contributed by atoms with Gasteiger partial charge >= 0.3 is 0 Å². The number of nitrogens with zero attached hydrogens (tertiary/aromatic N) is 1. The van der Waals surface area contributed by atoms with E-state index >= 15 is 0 Å². The summed E-state index contributed by atoms with van der Waals surface area (Å²) < 4.78 is 5.33. The van der Waals surface area contributed by atoms with Crippen LogP contribution in [0.3, 0.4) is 0 Å². The number of carbonyl (C=O) groups excluding carboxylic acids is 1. The third-order valence-electron chi connectivity index (χ3n) is 3.22. The Balaban J connectivity index is 2.16. The average Bonchev–Trinajstić information content (AvgIpc) is 2.46. The molecule has 0 aliphatic heterocycles. The predicted molar refractivity (Wildman–Crippen MR) is 83.1 cm³/mol. The van der Waals surface area contributed by atoms with Crippen molar-refractivity contribution in [2.75, 3.05) is 6.61 Å². The van der Waals surface area contributed by atoms with Crippen LogP contribution in [0.15, 0.2) is 29.2 Å². The third kappa shape index (κ3) is 3.52. The average molecular weight is 301 g/mol. The zero-order chi connectivity index (χ0) is 16.1. The Labute approximate surface area is 128 Å². The highest BCUT2D eigenvalue weighted by Crippen LogP contribution is 2.14. The summed E-state index contributed by atoms with van der Waals surface area (Å²) in [4.78, 5) is 31.0. The highest BCUT2D eigenvalue weighted by atomic mass is 16.5. The van der Waals surface area contributed by atoms with Crippen molar-refractivity contribution in [1.29, 1.82) is 0 Å². The Kier molecular flexibility index (Phi) is 4.93. The van der Waals surface area contributed by atoms with E-state index in [1.165, 1.54) is 0 Å². The molecule has 2 rings (SSSR count). The molecule has 6 nitrogen and oxygen atoms in total. The first-order valence-corrected chi connectivity index (χ1v) is 7.08. The molecule has 2 N–H and O–H groups in total. The maximum absolute atomic E-state index is 12.3. The number of ether oxygens (including phenoxy) is 1. The van der Waals surface area contributed by atoms with Crippen LogP contribution in [0.25, 0.3) is 0 Å². The van der Waals surface area contributed by atoms with Crippen molar-refractivity contribution in [3.05, 3.63) is 57.1 Å². The van der Waals surface area contributed by atoms with Gasteiger partial charge in [0.2, 0.25) is 5.88 Å². The van der Waals surface area contributed by atoms with Crippen molar-refractivity contribution in [3.8, 4) is 5.88 Å². The number of aryl methyl sites for hydroxylation is 2. The third-order valence-corrected chi connectivity index (χ3v) is 3.22. The molecule has 0 saturated heterocycles. The Morgan fingerprint density at radius 2 is 2.18 bits per heavy atom. The maximum atomic E-state index is 12.3. The lowest BCUT2D eigenvalue weighted by atomic mass is 10.1. The van der Waals surface area contributed by atoms with Crippen LogP contribution >= 0.6 is 0 Å². The van der Waals surface area contributed by atoms with Crippen LogP contribution in [0, 0.1) is 13.8 Å². The number of aromatic amines is 1. The van der Waals surface area contributed by atoms with Crippen LogP contribution in [-0.4, -0.2) is 22.5 Å². The van der Waals surface area contributed by atoms with Crippen molar-refractivity contribution >= 4 is 5.91 Å². The second-order valence-electron chi connectivity index (χ2n) is 4.91. The normalized spacial score (nSPS) is 10.3. The summed E-state index contributed by atoms with van der Waals surface area (Å²) in [7, 11) is 0. The molecule has 6 heteroatoms. The minimum Gasteiger partial charge on any atom is -0.477 e. The summed E-state index contributed by atoms with van der Waals surface area (Å²) in [6.45, 7) is 6.07. The Morgan fingerprint density at radius 1 is 1.41 bits per heavy atom. The number of nitrogens with one attached hydrogen (secondary N) is 2. The van der Waals surface area contributed by atoms with Gasteiger partial charge in [-0.1, -0.05) is 0 Å². The van der Waals surface area contributed by atoms with Gasteiger partial charge in [0.15, 0.2) is 0 Å². The number of pyridine rings is 2. The Bertz CT molecular complexity index is 738. The second-order valence-corrected chi connectivity index (χ2v) is 4.91. The van der Waals surface area contributed by atoms with Crippen LogP contribution in [0.4, 0.5) is 0 Å². The monoisotopic (exact) mass is 301 g/mol. The van der Waals surface area contributed by atoms with Crippen LogP contribution in [0.1, 0.15) is 34.1 Å². The Hall–Kier alpha value is -2.63. The zero-order valence-corrected chi connectivity index (χ0v) is 12.9. The maximum Gasteiger partial charge on any atom is 0.257 e. The minimum absolute atomic E-state index is 0.154. The summed E-state index contributed by atoms with van der Waals surface area (Å²) in [5, 5.41) is 2.74. The fourth-order valence-corrected chi connectivity index (χ4v) is 2.18. The van der Waals surface area contributed by atoms with Gasteiger partial charge in [0, 0.05) is 24.0 Å². The predicted octanol–water partition coefficient (Wildman–Crippen LogP) is 1.72. The first-order chi connectivity index (χ1) is 10.5. The van der Waals surface area contributed by atoms with E-state index in [2.05, 4.69) is 15.3 Å². The van der Waals surface area contributed by atoms with Gasteiger partial charge in [-0.05, 0) is 44.5 Å². The summed E-state index contributed by atoms with van der Waals surface area (Å²) in [6.07, 6.45) is 1.57. The van der Waals surface area contributed by atoms with Crippen LogP contribution < -0.4 is 15.6 Å². The van der Waals surface area contributed by atoms with E-state index in [-0.39, 0.29) is 23.9 Å². The van der Waals surface area contributed by atoms with Gasteiger partial charge in [0.25, 0.3) is 11.5 Å². The lowest BCUT2D eigenvalue weighted by Gasteiger charge is -2.10. The second kappa shape index (κ2) is 6.89. The molecular weight excluding hydrogens is 282 g/mol. The fraction of sp³-hybridized carbons (Fsp3) is 0.312. The highest BCUT2D eigenvalue weighted by molar-refractivity contribution is 5.96. The number of hydrogen-bond acceptors (Lipinski definition) is 4. The standard InChI is InChI=1S/C16H19N3O3/c1-4-22-16-12(6-5-7-17-16)14(20)18-9-13-10(2)8-11(3)19-15(13)21/h5-8H,4,9H2,1-3H3,(H,18,20)(H,19,21). The molecule has 0 spiro atoms. The molecule has 0 aromatic carbocycles. The molecular formula is C16H19N3O3. The largest absolute Gasteiger partial charge is 0.477 e. The number of H-pyrrole nitrogens is 1. The van der Waals surface area contributed by atoms with Crippen molar-refractivity contribution < 1.29 is 9.53 Å². The quantitative estimate of drug-likeness (QED) is 0.880. The van der Waals surface area contributed by atoms with Crippen molar-refractivity contribution in [2.45, 2.75) is 27.3 Å². The van der Waals surface area contributed by atoms with Gasteiger partial charge in [-0.2, -0.15) is 0 Å². The molecule has 0 saturated carbocycles. The highest BCUT2D eigenvalue weighted by Gasteiger charge is 2.14. The van der Waals surface area contributed by atoms with E-state index in [4.69, 9.17) is 4.74 Å².